The summed E-state index contributed by atoms with van der Waals surface area (Å²) in [5.41, 5.74) is 0.186. The third-order valence-electron chi connectivity index (χ3n) is 2.80. The predicted octanol–water partition coefficient (Wildman–Crippen LogP) is 2.62. The molecule has 0 aliphatic heterocycles. The summed E-state index contributed by atoms with van der Waals surface area (Å²) in [5.74, 6) is -0.747. The Morgan fingerprint density at radius 3 is 2.43 bits per heavy atom. The van der Waals surface area contributed by atoms with E-state index in [4.69, 9.17) is 23.2 Å². The Morgan fingerprint density at radius 2 is 1.78 bits per heavy atom. The predicted molar refractivity (Wildman–Crippen MR) is 88.4 cm³/mol. The molecule has 0 aromatic heterocycles. The van der Waals surface area contributed by atoms with Gasteiger partial charge >= 0.3 is 0 Å². The average Bonchev–Trinajstić information content (AvgIpc) is 2.50. The van der Waals surface area contributed by atoms with Gasteiger partial charge in [-0.3, -0.25) is 4.79 Å². The molecule has 0 fully saturated rings. The molecule has 23 heavy (non-hydrogen) atoms. The zero-order valence-electron chi connectivity index (χ0n) is 11.6. The maximum Gasteiger partial charge on any atom is 0.241 e. The maximum atomic E-state index is 12.1. The van der Waals surface area contributed by atoms with Gasteiger partial charge in [-0.15, -0.1) is 0 Å². The molecule has 2 rings (SSSR count). The third-order valence-corrected chi connectivity index (χ3v) is 4.94. The van der Waals surface area contributed by atoms with Gasteiger partial charge in [-0.05, 0) is 30.3 Å². The lowest BCUT2D eigenvalue weighted by Crippen LogP contribution is -2.32. The molecule has 0 unspecified atom stereocenters. The summed E-state index contributed by atoms with van der Waals surface area (Å²) in [6.07, 6.45) is 0. The fraction of sp³-hybridized carbons (Fsp3) is 0.0714. The van der Waals surface area contributed by atoms with E-state index in [-0.39, 0.29) is 26.4 Å². The van der Waals surface area contributed by atoms with Crippen molar-refractivity contribution < 1.29 is 18.3 Å². The highest BCUT2D eigenvalue weighted by atomic mass is 35.5. The van der Waals surface area contributed by atoms with E-state index in [9.17, 15) is 18.3 Å². The van der Waals surface area contributed by atoms with Gasteiger partial charge < -0.3 is 10.4 Å². The van der Waals surface area contributed by atoms with Gasteiger partial charge in [0, 0.05) is 0 Å². The van der Waals surface area contributed by atoms with Gasteiger partial charge in [-0.1, -0.05) is 35.3 Å². The summed E-state index contributed by atoms with van der Waals surface area (Å²) < 4.78 is 26.3. The molecule has 0 saturated carbocycles. The number of phenolic OH excluding ortho intramolecular Hbond substituents is 1. The number of hydrogen-bond donors (Lipinski definition) is 3. The zero-order valence-corrected chi connectivity index (χ0v) is 13.9. The number of nitrogens with one attached hydrogen (secondary N) is 2. The van der Waals surface area contributed by atoms with Crippen molar-refractivity contribution >= 4 is 44.8 Å². The molecule has 9 heteroatoms. The number of hydrogen-bond acceptors (Lipinski definition) is 4. The number of sulfonamides is 1. The number of amides is 1. The number of anilines is 1. The lowest BCUT2D eigenvalue weighted by Gasteiger charge is -2.09. The van der Waals surface area contributed by atoms with Crippen molar-refractivity contribution in [1.82, 2.24) is 4.72 Å². The molecule has 0 atom stereocenters. The van der Waals surface area contributed by atoms with Crippen LogP contribution in [0.15, 0.2) is 47.4 Å². The molecule has 2 aromatic rings. The molecule has 3 N–H and O–H groups in total. The van der Waals surface area contributed by atoms with Gasteiger partial charge in [0.2, 0.25) is 15.9 Å². The van der Waals surface area contributed by atoms with Crippen LogP contribution in [0.5, 0.6) is 5.75 Å². The van der Waals surface area contributed by atoms with Crippen molar-refractivity contribution in [3.63, 3.8) is 0 Å². The van der Waals surface area contributed by atoms with Gasteiger partial charge in [0.15, 0.2) is 0 Å². The number of halogens is 2. The Morgan fingerprint density at radius 1 is 1.09 bits per heavy atom. The molecule has 0 spiro atoms. The van der Waals surface area contributed by atoms with Crippen LogP contribution in [0, 0.1) is 0 Å². The summed E-state index contributed by atoms with van der Waals surface area (Å²) in [6.45, 7) is -0.503. The van der Waals surface area contributed by atoms with Gasteiger partial charge in [-0.2, -0.15) is 0 Å². The quantitative estimate of drug-likeness (QED) is 0.700. The van der Waals surface area contributed by atoms with E-state index in [0.29, 0.717) is 0 Å². The molecule has 0 heterocycles. The van der Waals surface area contributed by atoms with Crippen molar-refractivity contribution in [2.75, 3.05) is 11.9 Å². The van der Waals surface area contributed by atoms with E-state index in [2.05, 4.69) is 10.0 Å². The van der Waals surface area contributed by atoms with E-state index in [0.717, 1.165) is 0 Å². The first-order valence-electron chi connectivity index (χ1n) is 6.32. The minimum atomic E-state index is -3.91. The highest BCUT2D eigenvalue weighted by Gasteiger charge is 2.17. The second-order valence-corrected chi connectivity index (χ2v) is 7.05. The number of benzene rings is 2. The van der Waals surface area contributed by atoms with Crippen LogP contribution in [0.25, 0.3) is 0 Å². The average molecular weight is 375 g/mol. The van der Waals surface area contributed by atoms with E-state index in [1.165, 1.54) is 30.3 Å². The smallest absolute Gasteiger partial charge is 0.241 e. The number of carbonyl (C=O) groups is 1. The Kier molecular flexibility index (Phi) is 5.48. The summed E-state index contributed by atoms with van der Waals surface area (Å²) in [7, 11) is -3.91. The van der Waals surface area contributed by atoms with Crippen LogP contribution in [-0.2, 0) is 14.8 Å². The van der Waals surface area contributed by atoms with Crippen molar-refractivity contribution in [3.8, 4) is 5.75 Å². The minimum Gasteiger partial charge on any atom is -0.506 e. The van der Waals surface area contributed by atoms with E-state index in [1.807, 2.05) is 0 Å². The fourth-order valence-electron chi connectivity index (χ4n) is 1.66. The van der Waals surface area contributed by atoms with Crippen LogP contribution in [0.4, 0.5) is 5.69 Å². The molecule has 0 radical (unpaired) electrons. The number of para-hydroxylation sites is 2. The van der Waals surface area contributed by atoms with Crippen molar-refractivity contribution in [2.45, 2.75) is 4.90 Å². The number of aromatic hydroxyl groups is 1. The molecule has 0 aliphatic rings. The molecule has 2 aromatic carbocycles. The number of rotatable bonds is 5. The maximum absolute atomic E-state index is 12.1. The van der Waals surface area contributed by atoms with Crippen molar-refractivity contribution in [2.24, 2.45) is 0 Å². The first kappa shape index (κ1) is 17.6. The molecule has 0 bridgehead atoms. The summed E-state index contributed by atoms with van der Waals surface area (Å²) >= 11 is 11.5. The number of carbonyl (C=O) groups excluding carboxylic acids is 1. The second kappa shape index (κ2) is 7.18. The fourth-order valence-corrected chi connectivity index (χ4v) is 3.03. The van der Waals surface area contributed by atoms with Crippen LogP contribution in [0.1, 0.15) is 0 Å². The standard InChI is InChI=1S/C14H12Cl2N2O4S/c15-10-6-5-9(7-11(10)16)23(21,22)17-8-14(20)18-12-3-1-2-4-13(12)19/h1-7,17,19H,8H2,(H,18,20). The Hall–Kier alpha value is -1.80. The van der Waals surface area contributed by atoms with Crippen LogP contribution in [0.3, 0.4) is 0 Å². The normalized spacial score (nSPS) is 11.2. The monoisotopic (exact) mass is 374 g/mol. The summed E-state index contributed by atoms with van der Waals surface area (Å²) in [6, 6.07) is 9.91. The van der Waals surface area contributed by atoms with E-state index < -0.39 is 22.5 Å². The van der Waals surface area contributed by atoms with Crippen molar-refractivity contribution in [1.29, 1.82) is 0 Å². The molecule has 0 aliphatic carbocycles. The third kappa shape index (κ3) is 4.59. The molecule has 122 valence electrons. The lowest BCUT2D eigenvalue weighted by molar-refractivity contribution is -0.115. The van der Waals surface area contributed by atoms with Crippen LogP contribution in [0.2, 0.25) is 10.0 Å². The zero-order chi connectivity index (χ0) is 17.0. The van der Waals surface area contributed by atoms with Crippen LogP contribution >= 0.6 is 23.2 Å². The molecule has 6 nitrogen and oxygen atoms in total. The minimum absolute atomic E-state index is 0.0909. The highest BCUT2D eigenvalue weighted by molar-refractivity contribution is 7.89. The first-order chi connectivity index (χ1) is 10.8. The molecule has 0 saturated heterocycles. The first-order valence-corrected chi connectivity index (χ1v) is 8.56. The lowest BCUT2D eigenvalue weighted by atomic mass is 10.3. The second-order valence-electron chi connectivity index (χ2n) is 4.47. The van der Waals surface area contributed by atoms with Crippen molar-refractivity contribution in [3.05, 3.63) is 52.5 Å². The molecule has 1 amide bonds. The Bertz CT molecular complexity index is 840. The topological polar surface area (TPSA) is 95.5 Å². The van der Waals surface area contributed by atoms with Crippen LogP contribution in [-0.4, -0.2) is 26.0 Å². The Labute approximate surface area is 143 Å². The summed E-state index contributed by atoms with van der Waals surface area (Å²) in [5, 5.41) is 12.2. The van der Waals surface area contributed by atoms with Gasteiger partial charge in [0.25, 0.3) is 0 Å². The molecular weight excluding hydrogens is 363 g/mol. The Balaban J connectivity index is 2.03. The van der Waals surface area contributed by atoms with Gasteiger partial charge in [0.05, 0.1) is 27.2 Å². The number of phenols is 1. The van der Waals surface area contributed by atoms with Gasteiger partial charge in [-0.25, -0.2) is 13.1 Å². The van der Waals surface area contributed by atoms with Crippen LogP contribution < -0.4 is 10.0 Å². The molecular formula is C14H12Cl2N2O4S. The SMILES string of the molecule is O=C(CNS(=O)(=O)c1ccc(Cl)c(Cl)c1)Nc1ccccc1O. The van der Waals surface area contributed by atoms with E-state index in [1.54, 1.807) is 12.1 Å². The van der Waals surface area contributed by atoms with E-state index >= 15 is 0 Å². The van der Waals surface area contributed by atoms with Gasteiger partial charge in [0.1, 0.15) is 5.75 Å². The summed E-state index contributed by atoms with van der Waals surface area (Å²) in [4.78, 5) is 11.7. The largest absolute Gasteiger partial charge is 0.506 e. The highest BCUT2D eigenvalue weighted by Crippen LogP contribution is 2.24.